The highest BCUT2D eigenvalue weighted by atomic mass is 32.2. The number of hydrogen-bond acceptors (Lipinski definition) is 5. The standard InChI is InChI=1S/C9H20N2O3S/c1-14-9(5-3-6-9)8(11-10)4-7-15(2,12)13/h8,11H,3-7,10H2,1-2H3. The van der Waals surface area contributed by atoms with Gasteiger partial charge in [0.1, 0.15) is 9.84 Å². The van der Waals surface area contributed by atoms with Crippen molar-refractivity contribution in [2.45, 2.75) is 37.3 Å². The number of methoxy groups -OCH3 is 1. The third kappa shape index (κ3) is 3.14. The number of hydrazine groups is 1. The maximum atomic E-state index is 11.1. The van der Waals surface area contributed by atoms with E-state index in [4.69, 9.17) is 10.6 Å². The lowest BCUT2D eigenvalue weighted by Gasteiger charge is -2.46. The minimum atomic E-state index is -2.93. The highest BCUT2D eigenvalue weighted by Crippen LogP contribution is 2.38. The molecular weight excluding hydrogens is 216 g/mol. The second kappa shape index (κ2) is 4.78. The molecule has 1 aliphatic rings. The lowest BCUT2D eigenvalue weighted by Crippen LogP contribution is -2.58. The molecule has 0 aromatic rings. The molecule has 0 amide bonds. The Morgan fingerprint density at radius 2 is 2.13 bits per heavy atom. The van der Waals surface area contributed by atoms with Gasteiger partial charge in [0.2, 0.25) is 0 Å². The smallest absolute Gasteiger partial charge is 0.147 e. The van der Waals surface area contributed by atoms with E-state index in [9.17, 15) is 8.42 Å². The summed E-state index contributed by atoms with van der Waals surface area (Å²) in [6.07, 6.45) is 4.75. The Labute approximate surface area is 91.3 Å². The average Bonchev–Trinajstić information content (AvgIpc) is 2.07. The zero-order chi connectivity index (χ0) is 11.5. The summed E-state index contributed by atoms with van der Waals surface area (Å²) < 4.78 is 27.6. The van der Waals surface area contributed by atoms with E-state index in [0.29, 0.717) is 6.42 Å². The minimum absolute atomic E-state index is 0.0778. The molecule has 1 fully saturated rings. The molecule has 1 saturated carbocycles. The topological polar surface area (TPSA) is 81.4 Å². The van der Waals surface area contributed by atoms with Crippen molar-refractivity contribution in [2.75, 3.05) is 19.1 Å². The van der Waals surface area contributed by atoms with E-state index >= 15 is 0 Å². The molecular formula is C9H20N2O3S. The van der Waals surface area contributed by atoms with Crippen molar-refractivity contribution in [2.24, 2.45) is 5.84 Å². The van der Waals surface area contributed by atoms with Crippen LogP contribution in [0.4, 0.5) is 0 Å². The predicted octanol–water partition coefficient (Wildman–Crippen LogP) is -0.178. The molecule has 3 N–H and O–H groups in total. The van der Waals surface area contributed by atoms with E-state index in [1.54, 1.807) is 7.11 Å². The first-order chi connectivity index (χ1) is 6.93. The zero-order valence-corrected chi connectivity index (χ0v) is 10.1. The third-order valence-electron chi connectivity index (χ3n) is 3.22. The summed E-state index contributed by atoms with van der Waals surface area (Å²) in [7, 11) is -1.28. The molecule has 0 aromatic heterocycles. The molecule has 0 heterocycles. The van der Waals surface area contributed by atoms with Crippen LogP contribution in [0.2, 0.25) is 0 Å². The molecule has 15 heavy (non-hydrogen) atoms. The number of nitrogens with one attached hydrogen (secondary N) is 1. The van der Waals surface area contributed by atoms with E-state index in [2.05, 4.69) is 5.43 Å². The van der Waals surface area contributed by atoms with Gasteiger partial charge >= 0.3 is 0 Å². The molecule has 1 atom stereocenters. The average molecular weight is 236 g/mol. The quantitative estimate of drug-likeness (QED) is 0.494. The van der Waals surface area contributed by atoms with Crippen molar-refractivity contribution >= 4 is 9.84 Å². The molecule has 1 unspecified atom stereocenters. The van der Waals surface area contributed by atoms with E-state index < -0.39 is 9.84 Å². The molecule has 0 aromatic carbocycles. The first kappa shape index (κ1) is 12.9. The Morgan fingerprint density at radius 1 is 1.53 bits per heavy atom. The van der Waals surface area contributed by atoms with Crippen molar-refractivity contribution in [3.8, 4) is 0 Å². The second-order valence-electron chi connectivity index (χ2n) is 4.26. The molecule has 0 saturated heterocycles. The van der Waals surface area contributed by atoms with Crippen LogP contribution in [0.5, 0.6) is 0 Å². The van der Waals surface area contributed by atoms with Gasteiger partial charge in [0.15, 0.2) is 0 Å². The second-order valence-corrected chi connectivity index (χ2v) is 6.52. The molecule has 0 radical (unpaired) electrons. The van der Waals surface area contributed by atoms with Crippen molar-refractivity contribution in [1.29, 1.82) is 0 Å². The van der Waals surface area contributed by atoms with Gasteiger partial charge in [-0.05, 0) is 25.7 Å². The van der Waals surface area contributed by atoms with Gasteiger partial charge in [-0.25, -0.2) is 8.42 Å². The summed E-state index contributed by atoms with van der Waals surface area (Å²) in [4.78, 5) is 0. The molecule has 1 rings (SSSR count). The van der Waals surface area contributed by atoms with Crippen molar-refractivity contribution in [1.82, 2.24) is 5.43 Å². The van der Waals surface area contributed by atoms with Gasteiger partial charge in [0.05, 0.1) is 17.4 Å². The van der Waals surface area contributed by atoms with Crippen LogP contribution in [0, 0.1) is 0 Å². The number of rotatable bonds is 6. The first-order valence-electron chi connectivity index (χ1n) is 5.12. The summed E-state index contributed by atoms with van der Waals surface area (Å²) in [5, 5.41) is 0. The van der Waals surface area contributed by atoms with Gasteiger partial charge in [-0.3, -0.25) is 11.3 Å². The Morgan fingerprint density at radius 3 is 2.40 bits per heavy atom. The molecule has 0 spiro atoms. The highest BCUT2D eigenvalue weighted by molar-refractivity contribution is 7.90. The van der Waals surface area contributed by atoms with E-state index in [1.165, 1.54) is 6.26 Å². The highest BCUT2D eigenvalue weighted by Gasteiger charge is 2.44. The largest absolute Gasteiger partial charge is 0.377 e. The van der Waals surface area contributed by atoms with Gasteiger partial charge in [0, 0.05) is 13.4 Å². The van der Waals surface area contributed by atoms with E-state index in [1.807, 2.05) is 0 Å². The third-order valence-corrected chi connectivity index (χ3v) is 4.20. The van der Waals surface area contributed by atoms with Gasteiger partial charge in [-0.15, -0.1) is 0 Å². The number of nitrogens with two attached hydrogens (primary N) is 1. The fraction of sp³-hybridized carbons (Fsp3) is 1.00. The maximum Gasteiger partial charge on any atom is 0.147 e. The Kier molecular flexibility index (Phi) is 4.11. The molecule has 0 bridgehead atoms. The Bertz CT molecular complexity index is 293. The van der Waals surface area contributed by atoms with Gasteiger partial charge < -0.3 is 4.74 Å². The Balaban J connectivity index is 2.55. The van der Waals surface area contributed by atoms with Crippen LogP contribution < -0.4 is 11.3 Å². The van der Waals surface area contributed by atoms with Gasteiger partial charge in [-0.1, -0.05) is 0 Å². The van der Waals surface area contributed by atoms with Crippen LogP contribution in [0.1, 0.15) is 25.7 Å². The summed E-state index contributed by atoms with van der Waals surface area (Å²) in [5.41, 5.74) is 2.43. The van der Waals surface area contributed by atoms with Gasteiger partial charge in [-0.2, -0.15) is 0 Å². The number of hydrogen-bond donors (Lipinski definition) is 2. The summed E-state index contributed by atoms with van der Waals surface area (Å²) in [6, 6.07) is -0.0778. The Hall–Kier alpha value is -0.170. The van der Waals surface area contributed by atoms with Crippen LogP contribution in [0.3, 0.4) is 0 Å². The summed E-state index contributed by atoms with van der Waals surface area (Å²) in [6.45, 7) is 0. The molecule has 6 heteroatoms. The van der Waals surface area contributed by atoms with E-state index in [-0.39, 0.29) is 17.4 Å². The lowest BCUT2D eigenvalue weighted by molar-refractivity contribution is -0.0988. The van der Waals surface area contributed by atoms with E-state index in [0.717, 1.165) is 19.3 Å². The number of sulfone groups is 1. The summed E-state index contributed by atoms with van der Waals surface area (Å²) in [5.74, 6) is 5.59. The predicted molar refractivity (Wildman–Crippen MR) is 59.0 cm³/mol. The SMILES string of the molecule is COC1(C(CCS(C)(=O)=O)NN)CCC1. The van der Waals surface area contributed by atoms with Crippen LogP contribution in [-0.2, 0) is 14.6 Å². The molecule has 90 valence electrons. The fourth-order valence-corrected chi connectivity index (χ4v) is 2.71. The fourth-order valence-electron chi connectivity index (χ4n) is 2.05. The summed E-state index contributed by atoms with van der Waals surface area (Å²) >= 11 is 0. The molecule has 1 aliphatic carbocycles. The lowest BCUT2D eigenvalue weighted by atomic mass is 9.74. The van der Waals surface area contributed by atoms with Crippen molar-refractivity contribution in [3.63, 3.8) is 0 Å². The van der Waals surface area contributed by atoms with Crippen LogP contribution in [0.25, 0.3) is 0 Å². The van der Waals surface area contributed by atoms with Crippen LogP contribution in [-0.4, -0.2) is 39.2 Å². The molecule has 0 aliphatic heterocycles. The van der Waals surface area contributed by atoms with Crippen molar-refractivity contribution in [3.05, 3.63) is 0 Å². The van der Waals surface area contributed by atoms with Crippen LogP contribution in [0.15, 0.2) is 0 Å². The first-order valence-corrected chi connectivity index (χ1v) is 7.18. The number of ether oxygens (including phenoxy) is 1. The minimum Gasteiger partial charge on any atom is -0.377 e. The molecule has 5 nitrogen and oxygen atoms in total. The van der Waals surface area contributed by atoms with Crippen LogP contribution >= 0.6 is 0 Å². The zero-order valence-electron chi connectivity index (χ0n) is 9.32. The van der Waals surface area contributed by atoms with Gasteiger partial charge in [0.25, 0.3) is 0 Å². The van der Waals surface area contributed by atoms with Crippen molar-refractivity contribution < 1.29 is 13.2 Å². The monoisotopic (exact) mass is 236 g/mol. The normalized spacial score (nSPS) is 22.1. The maximum absolute atomic E-state index is 11.1.